The summed E-state index contributed by atoms with van der Waals surface area (Å²) in [5.74, 6) is 1.08. The van der Waals surface area contributed by atoms with Crippen LogP contribution in [0.4, 0.5) is 11.6 Å². The summed E-state index contributed by atoms with van der Waals surface area (Å²) in [4.78, 5) is 35.3. The van der Waals surface area contributed by atoms with Crippen molar-refractivity contribution in [3.63, 3.8) is 0 Å². The van der Waals surface area contributed by atoms with E-state index in [1.165, 1.54) is 6.92 Å². The van der Waals surface area contributed by atoms with Gasteiger partial charge in [0.15, 0.2) is 5.82 Å². The number of anilines is 2. The minimum Gasteiger partial charge on any atom is -0.492 e. The number of para-hydroxylation sites is 1. The van der Waals surface area contributed by atoms with E-state index in [4.69, 9.17) is 10.5 Å². The predicted molar refractivity (Wildman–Crippen MR) is 120 cm³/mol. The van der Waals surface area contributed by atoms with Crippen molar-refractivity contribution >= 4 is 17.5 Å². The molecule has 1 aromatic carbocycles. The van der Waals surface area contributed by atoms with Crippen molar-refractivity contribution in [1.29, 1.82) is 0 Å². The zero-order valence-corrected chi connectivity index (χ0v) is 17.8. The third kappa shape index (κ3) is 5.59. The lowest BCUT2D eigenvalue weighted by atomic mass is 10.1. The maximum Gasteiger partial charge on any atom is 0.290 e. The molecule has 0 saturated carbocycles. The first kappa shape index (κ1) is 21.8. The molecule has 5 N–H and O–H groups in total. The van der Waals surface area contributed by atoms with Crippen molar-refractivity contribution in [2.75, 3.05) is 24.2 Å². The zero-order chi connectivity index (χ0) is 22.4. The quantitative estimate of drug-likeness (QED) is 0.409. The third-order valence-corrected chi connectivity index (χ3v) is 4.63. The van der Waals surface area contributed by atoms with E-state index >= 15 is 0 Å². The van der Waals surface area contributed by atoms with Crippen LogP contribution in [0.1, 0.15) is 23.9 Å². The highest BCUT2D eigenvalue weighted by molar-refractivity contribution is 5.75. The van der Waals surface area contributed by atoms with Gasteiger partial charge < -0.3 is 26.1 Å². The van der Waals surface area contributed by atoms with E-state index in [1.54, 1.807) is 6.92 Å². The van der Waals surface area contributed by atoms with E-state index in [0.29, 0.717) is 48.2 Å². The highest BCUT2D eigenvalue weighted by atomic mass is 16.5. The number of nitrogens with one attached hydrogen (secondary N) is 3. The van der Waals surface area contributed by atoms with Gasteiger partial charge in [-0.3, -0.25) is 9.59 Å². The number of pyridine rings is 1. The number of hydrogen-bond donors (Lipinski definition) is 4. The number of nitrogen functional groups attached to an aromatic ring is 1. The van der Waals surface area contributed by atoms with Crippen LogP contribution in [0.5, 0.6) is 5.75 Å². The smallest absolute Gasteiger partial charge is 0.290 e. The summed E-state index contributed by atoms with van der Waals surface area (Å²) in [5.41, 5.74) is 9.02. The Hall–Kier alpha value is -3.88. The van der Waals surface area contributed by atoms with Crippen molar-refractivity contribution in [1.82, 2.24) is 20.3 Å². The highest BCUT2D eigenvalue weighted by Gasteiger charge is 2.15. The molecule has 0 bridgehead atoms. The molecule has 0 aliphatic carbocycles. The molecule has 31 heavy (non-hydrogen) atoms. The molecule has 0 aliphatic heterocycles. The molecule has 0 radical (unpaired) electrons. The topological polar surface area (TPSA) is 135 Å². The molecule has 0 aliphatic rings. The second-order valence-electron chi connectivity index (χ2n) is 7.05. The fourth-order valence-corrected chi connectivity index (χ4v) is 3.03. The van der Waals surface area contributed by atoms with Gasteiger partial charge in [0, 0.05) is 30.4 Å². The third-order valence-electron chi connectivity index (χ3n) is 4.63. The monoisotopic (exact) mass is 422 g/mol. The van der Waals surface area contributed by atoms with Gasteiger partial charge >= 0.3 is 0 Å². The molecule has 2 aromatic heterocycles. The van der Waals surface area contributed by atoms with Crippen molar-refractivity contribution in [2.24, 2.45) is 0 Å². The van der Waals surface area contributed by atoms with Gasteiger partial charge in [0.2, 0.25) is 5.91 Å². The number of ether oxygens (including phenoxy) is 1. The SMILES string of the molecule is CC(=O)NCc1cc(-c2nc(NCCOc3ccccc3)c(=O)[nH]c2C)c(N)nc1C. The molecule has 9 heteroatoms. The van der Waals surface area contributed by atoms with Crippen molar-refractivity contribution < 1.29 is 9.53 Å². The molecular weight excluding hydrogens is 396 g/mol. The number of amides is 1. The summed E-state index contributed by atoms with van der Waals surface area (Å²) in [6.07, 6.45) is 0. The van der Waals surface area contributed by atoms with Crippen molar-refractivity contribution in [3.05, 3.63) is 63.7 Å². The summed E-state index contributed by atoms with van der Waals surface area (Å²) in [6.45, 7) is 6.11. The first-order valence-corrected chi connectivity index (χ1v) is 9.88. The zero-order valence-electron chi connectivity index (χ0n) is 17.8. The molecule has 9 nitrogen and oxygen atoms in total. The lowest BCUT2D eigenvalue weighted by Gasteiger charge is -2.14. The second-order valence-corrected chi connectivity index (χ2v) is 7.05. The molecule has 0 spiro atoms. The molecule has 1 amide bonds. The summed E-state index contributed by atoms with van der Waals surface area (Å²) in [6, 6.07) is 11.3. The van der Waals surface area contributed by atoms with Crippen LogP contribution >= 0.6 is 0 Å². The number of rotatable bonds is 8. The maximum atomic E-state index is 12.4. The predicted octanol–water partition coefficient (Wildman–Crippen LogP) is 2.16. The number of benzene rings is 1. The first-order valence-electron chi connectivity index (χ1n) is 9.88. The first-order chi connectivity index (χ1) is 14.8. The van der Waals surface area contributed by atoms with Gasteiger partial charge in [0.05, 0.1) is 12.2 Å². The van der Waals surface area contributed by atoms with Crippen LogP contribution in [0.3, 0.4) is 0 Å². The lowest BCUT2D eigenvalue weighted by molar-refractivity contribution is -0.119. The number of carbonyl (C=O) groups excluding carboxylic acids is 1. The Morgan fingerprint density at radius 1 is 1.19 bits per heavy atom. The van der Waals surface area contributed by atoms with Gasteiger partial charge in [-0.15, -0.1) is 0 Å². The molecular formula is C22H26N6O3. The number of nitrogens with zero attached hydrogens (tertiary/aromatic N) is 2. The Balaban J connectivity index is 1.81. The van der Waals surface area contributed by atoms with Crippen molar-refractivity contribution in [2.45, 2.75) is 27.3 Å². The molecule has 0 atom stereocenters. The van der Waals surface area contributed by atoms with Gasteiger partial charge in [0.1, 0.15) is 18.2 Å². The molecule has 0 saturated heterocycles. The molecule has 3 rings (SSSR count). The van der Waals surface area contributed by atoms with E-state index in [2.05, 4.69) is 25.6 Å². The summed E-state index contributed by atoms with van der Waals surface area (Å²) in [7, 11) is 0. The summed E-state index contributed by atoms with van der Waals surface area (Å²) >= 11 is 0. The maximum absolute atomic E-state index is 12.4. The van der Waals surface area contributed by atoms with Crippen LogP contribution in [0.2, 0.25) is 0 Å². The fraction of sp³-hybridized carbons (Fsp3) is 0.273. The standard InChI is InChI=1S/C22H26N6O3/c1-13-16(12-25-15(3)29)11-18(20(23)26-13)19-14(2)27-22(30)21(28-19)24-9-10-31-17-7-5-4-6-8-17/h4-8,11H,9-10,12H2,1-3H3,(H2,23,26)(H,24,28)(H,25,29)(H,27,30). The van der Waals surface area contributed by atoms with Crippen LogP contribution in [0.15, 0.2) is 41.2 Å². The fourth-order valence-electron chi connectivity index (χ4n) is 3.03. The van der Waals surface area contributed by atoms with E-state index in [9.17, 15) is 9.59 Å². The van der Waals surface area contributed by atoms with E-state index in [0.717, 1.165) is 11.3 Å². The molecule has 3 aromatic rings. The van der Waals surface area contributed by atoms with E-state index < -0.39 is 0 Å². The van der Waals surface area contributed by atoms with Crippen LogP contribution in [-0.4, -0.2) is 34.0 Å². The van der Waals surface area contributed by atoms with Crippen LogP contribution in [0.25, 0.3) is 11.3 Å². The Bertz CT molecular complexity index is 1130. The Kier molecular flexibility index (Phi) is 6.86. The minimum absolute atomic E-state index is 0.139. The molecule has 0 unspecified atom stereocenters. The Morgan fingerprint density at radius 2 is 1.94 bits per heavy atom. The minimum atomic E-state index is -0.335. The van der Waals surface area contributed by atoms with Gasteiger partial charge in [-0.05, 0) is 37.6 Å². The Morgan fingerprint density at radius 3 is 2.65 bits per heavy atom. The lowest BCUT2D eigenvalue weighted by Crippen LogP contribution is -2.22. The highest BCUT2D eigenvalue weighted by Crippen LogP contribution is 2.27. The number of carbonyl (C=O) groups is 1. The van der Waals surface area contributed by atoms with Crippen LogP contribution < -0.4 is 26.7 Å². The van der Waals surface area contributed by atoms with Crippen molar-refractivity contribution in [3.8, 4) is 17.0 Å². The number of aromatic amines is 1. The van der Waals surface area contributed by atoms with Crippen LogP contribution in [0, 0.1) is 13.8 Å². The van der Waals surface area contributed by atoms with Gasteiger partial charge in [-0.1, -0.05) is 18.2 Å². The largest absolute Gasteiger partial charge is 0.492 e. The van der Waals surface area contributed by atoms with Crippen LogP contribution in [-0.2, 0) is 11.3 Å². The van der Waals surface area contributed by atoms with Gasteiger partial charge in [-0.25, -0.2) is 9.97 Å². The molecule has 162 valence electrons. The number of nitrogens with two attached hydrogens (primary N) is 1. The normalized spacial score (nSPS) is 10.5. The molecule has 2 heterocycles. The van der Waals surface area contributed by atoms with Gasteiger partial charge in [0.25, 0.3) is 5.56 Å². The molecule has 0 fully saturated rings. The van der Waals surface area contributed by atoms with E-state index in [1.807, 2.05) is 43.3 Å². The number of aromatic nitrogens is 3. The number of aryl methyl sites for hydroxylation is 2. The average Bonchev–Trinajstić information content (AvgIpc) is 2.73. The summed E-state index contributed by atoms with van der Waals surface area (Å²) < 4.78 is 5.63. The number of H-pyrrole nitrogens is 1. The van der Waals surface area contributed by atoms with E-state index in [-0.39, 0.29) is 17.3 Å². The second kappa shape index (κ2) is 9.75. The number of hydrogen-bond acceptors (Lipinski definition) is 7. The average molecular weight is 422 g/mol. The summed E-state index contributed by atoms with van der Waals surface area (Å²) in [5, 5.41) is 5.77. The Labute approximate surface area is 180 Å². The van der Waals surface area contributed by atoms with Gasteiger partial charge in [-0.2, -0.15) is 0 Å².